The summed E-state index contributed by atoms with van der Waals surface area (Å²) in [5.41, 5.74) is 3.54. The highest BCUT2D eigenvalue weighted by Crippen LogP contribution is 2.19. The van der Waals surface area contributed by atoms with Gasteiger partial charge < -0.3 is 15.1 Å². The van der Waals surface area contributed by atoms with E-state index in [1.54, 1.807) is 4.90 Å². The Morgan fingerprint density at radius 2 is 1.64 bits per heavy atom. The molecule has 22 heavy (non-hydrogen) atoms. The third-order valence-corrected chi connectivity index (χ3v) is 3.41. The number of aliphatic hydroxyl groups is 2. The summed E-state index contributed by atoms with van der Waals surface area (Å²) in [5.74, 6) is -0.669. The highest BCUT2D eigenvalue weighted by molar-refractivity contribution is 5.64. The van der Waals surface area contributed by atoms with Crippen molar-refractivity contribution in [1.29, 1.82) is 0 Å². The van der Waals surface area contributed by atoms with Gasteiger partial charge in [-0.05, 0) is 12.5 Å². The fraction of sp³-hybridized carbons (Fsp3) is 0.158. The van der Waals surface area contributed by atoms with Gasteiger partial charge in [-0.25, -0.2) is 0 Å². The number of aliphatic hydroxyl groups excluding tert-OH is 1. The van der Waals surface area contributed by atoms with Crippen LogP contribution in [0.2, 0.25) is 0 Å². The highest BCUT2D eigenvalue weighted by atomic mass is 16.5. The van der Waals surface area contributed by atoms with Gasteiger partial charge in [0.15, 0.2) is 0 Å². The summed E-state index contributed by atoms with van der Waals surface area (Å²) in [6.45, 7) is 2.63. The molecular weight excluding hydrogens is 274 g/mol. The van der Waals surface area contributed by atoms with Gasteiger partial charge in [0, 0.05) is 19.2 Å². The number of nitrogens with zero attached hydrogens (tertiary/aromatic N) is 1. The summed E-state index contributed by atoms with van der Waals surface area (Å²) >= 11 is 0. The molecular formula is C19H21NO2. The number of hydrogen-bond donors (Lipinski definition) is 2. The lowest BCUT2D eigenvalue weighted by Crippen LogP contribution is -2.18. The van der Waals surface area contributed by atoms with E-state index in [0.717, 1.165) is 11.1 Å². The predicted molar refractivity (Wildman–Crippen MR) is 91.5 cm³/mol. The molecule has 0 spiro atoms. The summed E-state index contributed by atoms with van der Waals surface area (Å²) in [5, 5.41) is 19.1. The van der Waals surface area contributed by atoms with Crippen molar-refractivity contribution < 1.29 is 10.2 Å². The Bertz CT molecular complexity index is 654. The van der Waals surface area contributed by atoms with Crippen LogP contribution in [0.5, 0.6) is 0 Å². The minimum atomic E-state index is -0.669. The number of hydrogen-bond acceptors (Lipinski definition) is 3. The Balaban J connectivity index is 2.08. The second-order valence-corrected chi connectivity index (χ2v) is 5.23. The van der Waals surface area contributed by atoms with Gasteiger partial charge >= 0.3 is 0 Å². The van der Waals surface area contributed by atoms with Gasteiger partial charge in [0.2, 0.25) is 0 Å². The monoisotopic (exact) mass is 295 g/mol. The maximum absolute atomic E-state index is 9.55. The normalized spacial score (nSPS) is 10.6. The first-order chi connectivity index (χ1) is 10.6. The van der Waals surface area contributed by atoms with Crippen LogP contribution in [0.25, 0.3) is 11.8 Å². The van der Waals surface area contributed by atoms with Crippen molar-refractivity contribution in [1.82, 2.24) is 4.90 Å². The molecule has 0 atom stereocenters. The third-order valence-electron chi connectivity index (χ3n) is 3.41. The summed E-state index contributed by atoms with van der Waals surface area (Å²) in [4.78, 5) is 1.80. The molecule has 0 saturated heterocycles. The standard InChI is InChI=1S/C19H21NO2/c1-15-10-12-16(13-11-15)7-6-14-20(2)18(19(21)22)17-8-4-3-5-9-17/h3-13,21-22H,14H2,1-2H3/b7-6+. The van der Waals surface area contributed by atoms with E-state index in [1.807, 2.05) is 49.5 Å². The lowest BCUT2D eigenvalue weighted by Gasteiger charge is -2.20. The molecule has 0 heterocycles. The van der Waals surface area contributed by atoms with Crippen molar-refractivity contribution >= 4 is 11.8 Å². The molecule has 0 aliphatic carbocycles. The van der Waals surface area contributed by atoms with Crippen LogP contribution in [0, 0.1) is 6.92 Å². The van der Waals surface area contributed by atoms with Crippen molar-refractivity contribution in [3.05, 3.63) is 83.3 Å². The van der Waals surface area contributed by atoms with Crippen molar-refractivity contribution in [3.63, 3.8) is 0 Å². The fourth-order valence-electron chi connectivity index (χ4n) is 2.23. The second kappa shape index (κ2) is 7.36. The molecule has 0 bridgehead atoms. The SMILES string of the molecule is Cc1ccc(/C=C/CN(C)C(=C(O)O)c2ccccc2)cc1. The summed E-state index contributed by atoms with van der Waals surface area (Å²) < 4.78 is 0. The highest BCUT2D eigenvalue weighted by Gasteiger charge is 2.12. The number of likely N-dealkylation sites (N-methyl/N-ethyl adjacent to an activating group) is 1. The maximum atomic E-state index is 9.55. The largest absolute Gasteiger partial charge is 0.480 e. The Labute approximate surface area is 131 Å². The molecule has 0 radical (unpaired) electrons. The first kappa shape index (κ1) is 15.7. The molecule has 2 aromatic rings. The summed E-state index contributed by atoms with van der Waals surface area (Å²) in [7, 11) is 1.83. The molecule has 0 fully saturated rings. The van der Waals surface area contributed by atoms with E-state index in [2.05, 4.69) is 31.2 Å². The first-order valence-electron chi connectivity index (χ1n) is 7.20. The van der Waals surface area contributed by atoms with Crippen LogP contribution in [0.1, 0.15) is 16.7 Å². The van der Waals surface area contributed by atoms with Crippen molar-refractivity contribution in [2.24, 2.45) is 0 Å². The zero-order valence-corrected chi connectivity index (χ0v) is 12.9. The Morgan fingerprint density at radius 1 is 1.00 bits per heavy atom. The Kier molecular flexibility index (Phi) is 5.26. The zero-order chi connectivity index (χ0) is 15.9. The molecule has 0 aliphatic heterocycles. The molecule has 114 valence electrons. The van der Waals surface area contributed by atoms with E-state index in [0.29, 0.717) is 12.2 Å². The molecule has 3 heteroatoms. The van der Waals surface area contributed by atoms with Crippen LogP contribution < -0.4 is 0 Å². The van der Waals surface area contributed by atoms with Crippen molar-refractivity contribution in [2.45, 2.75) is 6.92 Å². The molecule has 0 aliphatic rings. The van der Waals surface area contributed by atoms with E-state index in [1.165, 1.54) is 5.56 Å². The average Bonchev–Trinajstić information content (AvgIpc) is 2.50. The summed E-state index contributed by atoms with van der Waals surface area (Å²) in [6.07, 6.45) is 4.02. The van der Waals surface area contributed by atoms with E-state index in [4.69, 9.17) is 0 Å². The molecule has 0 saturated carbocycles. The topological polar surface area (TPSA) is 43.7 Å². The third kappa shape index (κ3) is 4.16. The van der Waals surface area contributed by atoms with Gasteiger partial charge in [0.25, 0.3) is 5.95 Å². The van der Waals surface area contributed by atoms with Crippen LogP contribution in [0.15, 0.2) is 66.6 Å². The van der Waals surface area contributed by atoms with Crippen molar-refractivity contribution in [3.8, 4) is 0 Å². The molecule has 2 aromatic carbocycles. The van der Waals surface area contributed by atoms with E-state index < -0.39 is 5.95 Å². The van der Waals surface area contributed by atoms with Crippen LogP contribution in [0.3, 0.4) is 0 Å². The first-order valence-corrected chi connectivity index (χ1v) is 7.20. The number of benzene rings is 2. The molecule has 3 nitrogen and oxygen atoms in total. The fourth-order valence-corrected chi connectivity index (χ4v) is 2.23. The van der Waals surface area contributed by atoms with E-state index >= 15 is 0 Å². The lowest BCUT2D eigenvalue weighted by molar-refractivity contribution is 0.186. The van der Waals surface area contributed by atoms with Crippen molar-refractivity contribution in [2.75, 3.05) is 13.6 Å². The van der Waals surface area contributed by atoms with Crippen LogP contribution >= 0.6 is 0 Å². The van der Waals surface area contributed by atoms with Crippen LogP contribution in [-0.2, 0) is 0 Å². The van der Waals surface area contributed by atoms with E-state index in [9.17, 15) is 10.2 Å². The smallest absolute Gasteiger partial charge is 0.299 e. The second-order valence-electron chi connectivity index (χ2n) is 5.23. The quantitative estimate of drug-likeness (QED) is 0.804. The van der Waals surface area contributed by atoms with Crippen LogP contribution in [-0.4, -0.2) is 28.7 Å². The van der Waals surface area contributed by atoms with Gasteiger partial charge in [-0.2, -0.15) is 0 Å². The average molecular weight is 295 g/mol. The minimum Gasteiger partial charge on any atom is -0.480 e. The zero-order valence-electron chi connectivity index (χ0n) is 12.9. The Morgan fingerprint density at radius 3 is 2.23 bits per heavy atom. The number of rotatable bonds is 5. The number of aryl methyl sites for hydroxylation is 1. The van der Waals surface area contributed by atoms with Gasteiger partial charge in [0.1, 0.15) is 5.70 Å². The maximum Gasteiger partial charge on any atom is 0.299 e. The molecule has 2 N–H and O–H groups in total. The van der Waals surface area contributed by atoms with Crippen LogP contribution in [0.4, 0.5) is 0 Å². The predicted octanol–water partition coefficient (Wildman–Crippen LogP) is 4.38. The van der Waals surface area contributed by atoms with Gasteiger partial charge in [-0.3, -0.25) is 0 Å². The molecule has 0 aromatic heterocycles. The van der Waals surface area contributed by atoms with Gasteiger partial charge in [-0.1, -0.05) is 72.3 Å². The Hall–Kier alpha value is -2.68. The molecule has 0 unspecified atom stereocenters. The molecule has 2 rings (SSSR count). The van der Waals surface area contributed by atoms with E-state index in [-0.39, 0.29) is 0 Å². The van der Waals surface area contributed by atoms with Gasteiger partial charge in [0.05, 0.1) is 0 Å². The minimum absolute atomic E-state index is 0.411. The van der Waals surface area contributed by atoms with Gasteiger partial charge in [-0.15, -0.1) is 0 Å². The lowest BCUT2D eigenvalue weighted by atomic mass is 10.1. The molecule has 0 amide bonds. The summed E-state index contributed by atoms with van der Waals surface area (Å²) in [6, 6.07) is 17.6.